The fourth-order valence-corrected chi connectivity index (χ4v) is 3.08. The number of pyridine rings is 1. The Bertz CT molecular complexity index is 733. The molecule has 0 atom stereocenters. The van der Waals surface area contributed by atoms with Crippen LogP contribution in [0.1, 0.15) is 36.8 Å². The molecule has 138 valence electrons. The number of carbonyl (C=O) groups is 1. The standard InChI is InChI=1S/C20H24FN3O2/c21-17-7-3-5-15(13-17)10-12-23-20(25)24-14-16-6-4-11-22-19(16)26-18-8-1-2-9-18/h3-7,11,13,18H,1-2,8-10,12,14H2,(H2,23,24,25). The number of nitrogens with one attached hydrogen (secondary N) is 2. The van der Waals surface area contributed by atoms with Crippen molar-refractivity contribution in [3.63, 3.8) is 0 Å². The van der Waals surface area contributed by atoms with E-state index in [1.54, 1.807) is 12.3 Å². The summed E-state index contributed by atoms with van der Waals surface area (Å²) in [7, 11) is 0. The van der Waals surface area contributed by atoms with Gasteiger partial charge in [-0.1, -0.05) is 18.2 Å². The largest absolute Gasteiger partial charge is 0.474 e. The summed E-state index contributed by atoms with van der Waals surface area (Å²) in [5, 5.41) is 5.60. The van der Waals surface area contributed by atoms with Gasteiger partial charge in [-0.15, -0.1) is 0 Å². The van der Waals surface area contributed by atoms with Crippen molar-refractivity contribution >= 4 is 6.03 Å². The summed E-state index contributed by atoms with van der Waals surface area (Å²) in [6, 6.07) is 9.86. The average Bonchev–Trinajstić information content (AvgIpc) is 3.14. The van der Waals surface area contributed by atoms with Crippen molar-refractivity contribution in [2.45, 2.75) is 44.8 Å². The maximum atomic E-state index is 13.1. The van der Waals surface area contributed by atoms with Crippen molar-refractivity contribution in [3.05, 3.63) is 59.5 Å². The number of benzene rings is 1. The van der Waals surface area contributed by atoms with E-state index in [4.69, 9.17) is 4.74 Å². The molecule has 2 aromatic rings. The Labute approximate surface area is 153 Å². The van der Waals surface area contributed by atoms with Crippen molar-refractivity contribution in [2.24, 2.45) is 0 Å². The third-order valence-corrected chi connectivity index (χ3v) is 4.46. The fourth-order valence-electron chi connectivity index (χ4n) is 3.08. The van der Waals surface area contributed by atoms with Gasteiger partial charge in [0, 0.05) is 24.8 Å². The van der Waals surface area contributed by atoms with Crippen LogP contribution in [0, 0.1) is 5.82 Å². The summed E-state index contributed by atoms with van der Waals surface area (Å²) < 4.78 is 19.1. The minimum Gasteiger partial charge on any atom is -0.474 e. The highest BCUT2D eigenvalue weighted by atomic mass is 19.1. The zero-order valence-electron chi connectivity index (χ0n) is 14.7. The van der Waals surface area contributed by atoms with E-state index in [0.29, 0.717) is 25.4 Å². The molecule has 0 spiro atoms. The lowest BCUT2D eigenvalue weighted by molar-refractivity contribution is 0.198. The van der Waals surface area contributed by atoms with Gasteiger partial charge in [-0.2, -0.15) is 0 Å². The van der Waals surface area contributed by atoms with Crippen LogP contribution in [0.3, 0.4) is 0 Å². The zero-order valence-corrected chi connectivity index (χ0v) is 14.7. The fraction of sp³-hybridized carbons (Fsp3) is 0.400. The SMILES string of the molecule is O=C(NCCc1cccc(F)c1)NCc1cccnc1OC1CCCC1. The zero-order chi connectivity index (χ0) is 18.2. The van der Waals surface area contributed by atoms with Gasteiger partial charge >= 0.3 is 6.03 Å². The van der Waals surface area contributed by atoms with Crippen LogP contribution in [0.25, 0.3) is 0 Å². The molecule has 1 aliphatic rings. The molecule has 2 amide bonds. The second kappa shape index (κ2) is 9.17. The summed E-state index contributed by atoms with van der Waals surface area (Å²) in [6.07, 6.45) is 7.01. The molecule has 1 aromatic heterocycles. The van der Waals surface area contributed by atoms with Crippen LogP contribution >= 0.6 is 0 Å². The van der Waals surface area contributed by atoms with Crippen molar-refractivity contribution in [2.75, 3.05) is 6.54 Å². The number of rotatable bonds is 7. The molecular weight excluding hydrogens is 333 g/mol. The summed E-state index contributed by atoms with van der Waals surface area (Å²) >= 11 is 0. The van der Waals surface area contributed by atoms with Crippen molar-refractivity contribution in [1.29, 1.82) is 0 Å². The lowest BCUT2D eigenvalue weighted by Crippen LogP contribution is -2.36. The molecule has 0 aliphatic heterocycles. The van der Waals surface area contributed by atoms with Gasteiger partial charge in [-0.3, -0.25) is 0 Å². The first-order valence-electron chi connectivity index (χ1n) is 9.07. The molecule has 1 saturated carbocycles. The predicted molar refractivity (Wildman–Crippen MR) is 97.5 cm³/mol. The highest BCUT2D eigenvalue weighted by Crippen LogP contribution is 2.24. The second-order valence-corrected chi connectivity index (χ2v) is 6.48. The first-order chi connectivity index (χ1) is 12.7. The molecule has 0 bridgehead atoms. The van der Waals surface area contributed by atoms with Crippen LogP contribution in [0.15, 0.2) is 42.6 Å². The smallest absolute Gasteiger partial charge is 0.315 e. The third-order valence-electron chi connectivity index (χ3n) is 4.46. The van der Waals surface area contributed by atoms with E-state index in [1.807, 2.05) is 18.2 Å². The van der Waals surface area contributed by atoms with E-state index in [-0.39, 0.29) is 18.0 Å². The normalized spacial score (nSPS) is 14.2. The van der Waals surface area contributed by atoms with Crippen LogP contribution in [0.5, 0.6) is 5.88 Å². The molecule has 5 nitrogen and oxygen atoms in total. The average molecular weight is 357 g/mol. The molecular formula is C20H24FN3O2. The molecule has 0 radical (unpaired) electrons. The van der Waals surface area contributed by atoms with Crippen LogP contribution in [0.4, 0.5) is 9.18 Å². The van der Waals surface area contributed by atoms with E-state index in [1.165, 1.54) is 25.0 Å². The Morgan fingerprint density at radius 3 is 2.85 bits per heavy atom. The molecule has 3 rings (SSSR count). The van der Waals surface area contributed by atoms with Crippen molar-refractivity contribution in [3.8, 4) is 5.88 Å². The van der Waals surface area contributed by atoms with Crippen molar-refractivity contribution in [1.82, 2.24) is 15.6 Å². The van der Waals surface area contributed by atoms with Crippen LogP contribution in [-0.4, -0.2) is 23.7 Å². The highest BCUT2D eigenvalue weighted by molar-refractivity contribution is 5.73. The topological polar surface area (TPSA) is 63.2 Å². The quantitative estimate of drug-likeness (QED) is 0.796. The Morgan fingerprint density at radius 1 is 1.19 bits per heavy atom. The van der Waals surface area contributed by atoms with Crippen LogP contribution < -0.4 is 15.4 Å². The number of nitrogens with zero attached hydrogens (tertiary/aromatic N) is 1. The van der Waals surface area contributed by atoms with Gasteiger partial charge in [0.25, 0.3) is 0 Å². The highest BCUT2D eigenvalue weighted by Gasteiger charge is 2.18. The van der Waals surface area contributed by atoms with Crippen molar-refractivity contribution < 1.29 is 13.9 Å². The molecule has 26 heavy (non-hydrogen) atoms. The van der Waals surface area contributed by atoms with Gasteiger partial charge < -0.3 is 15.4 Å². The minimum absolute atomic E-state index is 0.226. The van der Waals surface area contributed by atoms with E-state index >= 15 is 0 Å². The van der Waals surface area contributed by atoms with E-state index in [0.717, 1.165) is 24.0 Å². The maximum Gasteiger partial charge on any atom is 0.315 e. The summed E-state index contributed by atoms with van der Waals surface area (Å²) in [5.41, 5.74) is 1.71. The molecule has 0 unspecified atom stereocenters. The molecule has 1 aromatic carbocycles. The number of amides is 2. The summed E-state index contributed by atoms with van der Waals surface area (Å²) in [4.78, 5) is 16.3. The number of ether oxygens (including phenoxy) is 1. The van der Waals surface area contributed by atoms with Gasteiger partial charge in [0.1, 0.15) is 11.9 Å². The van der Waals surface area contributed by atoms with Gasteiger partial charge in [-0.05, 0) is 55.9 Å². The number of hydrogen-bond donors (Lipinski definition) is 2. The molecule has 1 aliphatic carbocycles. The van der Waals surface area contributed by atoms with E-state index in [2.05, 4.69) is 15.6 Å². The van der Waals surface area contributed by atoms with Crippen LogP contribution in [-0.2, 0) is 13.0 Å². The number of halogens is 1. The second-order valence-electron chi connectivity index (χ2n) is 6.48. The first-order valence-corrected chi connectivity index (χ1v) is 9.07. The van der Waals surface area contributed by atoms with E-state index < -0.39 is 0 Å². The van der Waals surface area contributed by atoms with Crippen LogP contribution in [0.2, 0.25) is 0 Å². The van der Waals surface area contributed by atoms with Gasteiger partial charge in [0.05, 0.1) is 0 Å². The first kappa shape index (κ1) is 18.2. The summed E-state index contributed by atoms with van der Waals surface area (Å²) in [5.74, 6) is 0.331. The molecule has 6 heteroatoms. The lowest BCUT2D eigenvalue weighted by Gasteiger charge is -2.15. The minimum atomic E-state index is -0.267. The Kier molecular flexibility index (Phi) is 6.41. The number of aromatic nitrogens is 1. The molecule has 1 heterocycles. The van der Waals surface area contributed by atoms with Gasteiger partial charge in [0.15, 0.2) is 0 Å². The Balaban J connectivity index is 1.44. The van der Waals surface area contributed by atoms with E-state index in [9.17, 15) is 9.18 Å². The number of urea groups is 1. The number of hydrogen-bond acceptors (Lipinski definition) is 3. The monoisotopic (exact) mass is 357 g/mol. The van der Waals surface area contributed by atoms with Gasteiger partial charge in [-0.25, -0.2) is 14.2 Å². The maximum absolute atomic E-state index is 13.1. The Morgan fingerprint density at radius 2 is 2.04 bits per heavy atom. The lowest BCUT2D eigenvalue weighted by atomic mass is 10.1. The number of carbonyl (C=O) groups excluding carboxylic acids is 1. The molecule has 0 saturated heterocycles. The molecule has 1 fully saturated rings. The molecule has 2 N–H and O–H groups in total. The predicted octanol–water partition coefficient (Wildman–Crippen LogP) is 3.58. The third kappa shape index (κ3) is 5.44. The summed E-state index contributed by atoms with van der Waals surface area (Å²) in [6.45, 7) is 0.787. The Hall–Kier alpha value is -2.63. The van der Waals surface area contributed by atoms with Gasteiger partial charge in [0.2, 0.25) is 5.88 Å².